The fraction of sp³-hybridized carbons (Fsp3) is 0.500. The van der Waals surface area contributed by atoms with Crippen LogP contribution in [-0.2, 0) is 9.53 Å². The van der Waals surface area contributed by atoms with Gasteiger partial charge in [0.2, 0.25) is 0 Å². The smallest absolute Gasteiger partial charge is 0.309 e. The van der Waals surface area contributed by atoms with E-state index in [2.05, 4.69) is 12.1 Å². The van der Waals surface area contributed by atoms with Crippen LogP contribution in [0.1, 0.15) is 92.0 Å². The minimum absolute atomic E-state index is 0.0200. The Bertz CT molecular complexity index is 1140. The van der Waals surface area contributed by atoms with E-state index in [1.807, 2.05) is 26.0 Å². The second kappa shape index (κ2) is 10.1. The standard InChI is InChI=1S/C30H35ClO5/c1-29(2,28(34)35)17-30(3,4)36-27-24(25(32)22-7-5-6-8-23(22)26(27)33)20-11-9-18(10-12-20)19-13-15-21(31)16-14-19/h5-8,13-16,18,20,24,27H,9-12,17H2,1-4H3,(H,34,35)/t18?,20?,24-,27?/m0/s1. The first-order valence-electron chi connectivity index (χ1n) is 12.7. The van der Waals surface area contributed by atoms with Crippen LogP contribution in [0.2, 0.25) is 5.02 Å². The van der Waals surface area contributed by atoms with Gasteiger partial charge in [0.1, 0.15) is 6.10 Å². The Morgan fingerprint density at radius 2 is 1.47 bits per heavy atom. The SMILES string of the molecule is CC(C)(CC(C)(C)C(=O)O)OC1C(=O)c2ccccc2C(=O)[C@@H]1C1CCC(c2ccc(Cl)cc2)CC1. The van der Waals surface area contributed by atoms with Gasteiger partial charge in [-0.25, -0.2) is 0 Å². The van der Waals surface area contributed by atoms with E-state index in [0.29, 0.717) is 22.1 Å². The number of benzene rings is 2. The van der Waals surface area contributed by atoms with Crippen molar-refractivity contribution in [3.05, 3.63) is 70.2 Å². The largest absolute Gasteiger partial charge is 0.481 e. The number of hydrogen-bond donors (Lipinski definition) is 1. The van der Waals surface area contributed by atoms with Gasteiger partial charge >= 0.3 is 5.97 Å². The number of Topliss-reactive ketones (excluding diaryl/α,β-unsaturated/α-hetero) is 2. The van der Waals surface area contributed by atoms with E-state index in [0.717, 1.165) is 25.7 Å². The maximum absolute atomic E-state index is 13.8. The number of rotatable bonds is 7. The first kappa shape index (κ1) is 26.6. The molecule has 192 valence electrons. The average molecular weight is 511 g/mol. The normalized spacial score (nSPS) is 24.9. The molecule has 0 saturated heterocycles. The molecule has 4 rings (SSSR count). The van der Waals surface area contributed by atoms with Crippen molar-refractivity contribution in [2.75, 3.05) is 0 Å². The van der Waals surface area contributed by atoms with Crippen LogP contribution in [0.5, 0.6) is 0 Å². The number of carbonyl (C=O) groups excluding carboxylic acids is 2. The van der Waals surface area contributed by atoms with Crippen molar-refractivity contribution in [3.63, 3.8) is 0 Å². The highest BCUT2D eigenvalue weighted by Crippen LogP contribution is 2.45. The maximum atomic E-state index is 13.8. The van der Waals surface area contributed by atoms with Crippen molar-refractivity contribution in [2.24, 2.45) is 17.3 Å². The van der Waals surface area contributed by atoms with Crippen LogP contribution < -0.4 is 0 Å². The Kier molecular flexibility index (Phi) is 7.45. The Morgan fingerprint density at radius 1 is 0.917 bits per heavy atom. The Balaban J connectivity index is 1.60. The number of fused-ring (bicyclic) bond motifs is 1. The summed E-state index contributed by atoms with van der Waals surface area (Å²) in [7, 11) is 0. The molecule has 2 aromatic carbocycles. The highest BCUT2D eigenvalue weighted by atomic mass is 35.5. The van der Waals surface area contributed by atoms with Crippen LogP contribution in [0.15, 0.2) is 48.5 Å². The summed E-state index contributed by atoms with van der Waals surface area (Å²) in [6.45, 7) is 6.92. The molecule has 1 saturated carbocycles. The summed E-state index contributed by atoms with van der Waals surface area (Å²) in [4.78, 5) is 39.3. The Morgan fingerprint density at radius 3 is 2.03 bits per heavy atom. The number of carboxylic acid groups (broad SMARTS) is 1. The molecule has 1 N–H and O–H groups in total. The number of ether oxygens (including phenoxy) is 1. The van der Waals surface area contributed by atoms with Crippen LogP contribution in [0.3, 0.4) is 0 Å². The van der Waals surface area contributed by atoms with Crippen LogP contribution in [0.25, 0.3) is 0 Å². The third-order valence-electron chi connectivity index (χ3n) is 7.86. The van der Waals surface area contributed by atoms with Gasteiger partial charge in [-0.2, -0.15) is 0 Å². The van der Waals surface area contributed by atoms with Gasteiger partial charge in [-0.05, 0) is 89.3 Å². The van der Waals surface area contributed by atoms with E-state index in [9.17, 15) is 19.5 Å². The van der Waals surface area contributed by atoms with Crippen molar-refractivity contribution in [1.82, 2.24) is 0 Å². The van der Waals surface area contributed by atoms with E-state index in [-0.39, 0.29) is 23.9 Å². The molecule has 6 heteroatoms. The van der Waals surface area contributed by atoms with Crippen molar-refractivity contribution in [3.8, 4) is 0 Å². The molecule has 36 heavy (non-hydrogen) atoms. The molecular formula is C30H35ClO5. The van der Waals surface area contributed by atoms with Gasteiger partial charge in [0.05, 0.1) is 16.9 Å². The zero-order chi connectivity index (χ0) is 26.3. The topological polar surface area (TPSA) is 80.7 Å². The zero-order valence-corrected chi connectivity index (χ0v) is 22.2. The van der Waals surface area contributed by atoms with E-state index in [1.54, 1.807) is 38.1 Å². The van der Waals surface area contributed by atoms with Gasteiger partial charge in [0.25, 0.3) is 0 Å². The summed E-state index contributed by atoms with van der Waals surface area (Å²) in [6, 6.07) is 14.9. The molecule has 2 aliphatic rings. The second-order valence-corrected chi connectivity index (χ2v) is 12.1. The summed E-state index contributed by atoms with van der Waals surface area (Å²) in [5.74, 6) is -1.31. The molecule has 2 atom stereocenters. The maximum Gasteiger partial charge on any atom is 0.309 e. The number of ketones is 2. The third kappa shape index (κ3) is 5.42. The lowest BCUT2D eigenvalue weighted by molar-refractivity contribution is -0.154. The van der Waals surface area contributed by atoms with Crippen LogP contribution in [-0.4, -0.2) is 34.3 Å². The highest BCUT2D eigenvalue weighted by Gasteiger charge is 2.49. The van der Waals surface area contributed by atoms with E-state index in [1.165, 1.54) is 5.56 Å². The number of carboxylic acids is 1. The van der Waals surface area contributed by atoms with Crippen LogP contribution >= 0.6 is 11.6 Å². The summed E-state index contributed by atoms with van der Waals surface area (Å²) in [5, 5.41) is 10.4. The molecule has 0 spiro atoms. The van der Waals surface area contributed by atoms with Crippen molar-refractivity contribution >= 4 is 29.1 Å². The number of hydrogen-bond acceptors (Lipinski definition) is 4. The second-order valence-electron chi connectivity index (χ2n) is 11.6. The van der Waals surface area contributed by atoms with Crippen LogP contribution in [0.4, 0.5) is 0 Å². The molecule has 2 aliphatic carbocycles. The minimum atomic E-state index is -1.03. The Hall–Kier alpha value is -2.50. The zero-order valence-electron chi connectivity index (χ0n) is 21.4. The third-order valence-corrected chi connectivity index (χ3v) is 8.11. The lowest BCUT2D eigenvalue weighted by Crippen LogP contribution is -2.51. The summed E-state index contributed by atoms with van der Waals surface area (Å²) < 4.78 is 6.45. The molecule has 0 heterocycles. The Labute approximate surface area is 218 Å². The molecular weight excluding hydrogens is 476 g/mol. The van der Waals surface area contributed by atoms with Gasteiger partial charge < -0.3 is 9.84 Å². The fourth-order valence-electron chi connectivity index (χ4n) is 6.21. The fourth-order valence-corrected chi connectivity index (χ4v) is 6.33. The summed E-state index contributed by atoms with van der Waals surface area (Å²) >= 11 is 6.06. The number of carbonyl (C=O) groups is 3. The predicted octanol–water partition coefficient (Wildman–Crippen LogP) is 6.97. The molecule has 0 radical (unpaired) electrons. The molecule has 0 bridgehead atoms. The molecule has 1 fully saturated rings. The van der Waals surface area contributed by atoms with Crippen molar-refractivity contribution in [1.29, 1.82) is 0 Å². The van der Waals surface area contributed by atoms with Crippen molar-refractivity contribution in [2.45, 2.75) is 77.4 Å². The number of halogens is 1. The predicted molar refractivity (Wildman–Crippen MR) is 140 cm³/mol. The van der Waals surface area contributed by atoms with Crippen molar-refractivity contribution < 1.29 is 24.2 Å². The van der Waals surface area contributed by atoms with Gasteiger partial charge in [-0.15, -0.1) is 0 Å². The average Bonchev–Trinajstić information content (AvgIpc) is 2.82. The lowest BCUT2D eigenvalue weighted by Gasteiger charge is -2.43. The monoisotopic (exact) mass is 510 g/mol. The minimum Gasteiger partial charge on any atom is -0.481 e. The quantitative estimate of drug-likeness (QED) is 0.434. The van der Waals surface area contributed by atoms with Gasteiger partial charge in [-0.1, -0.05) is 48.0 Å². The highest BCUT2D eigenvalue weighted by molar-refractivity contribution is 6.30. The molecule has 2 aromatic rings. The van der Waals surface area contributed by atoms with Gasteiger partial charge in [0.15, 0.2) is 11.6 Å². The van der Waals surface area contributed by atoms with E-state index >= 15 is 0 Å². The number of aliphatic carboxylic acids is 1. The van der Waals surface area contributed by atoms with Gasteiger partial charge in [0, 0.05) is 16.1 Å². The lowest BCUT2D eigenvalue weighted by atomic mass is 9.66. The molecule has 0 aliphatic heterocycles. The van der Waals surface area contributed by atoms with E-state index in [4.69, 9.17) is 16.3 Å². The molecule has 5 nitrogen and oxygen atoms in total. The summed E-state index contributed by atoms with van der Waals surface area (Å²) in [6.07, 6.45) is 2.77. The van der Waals surface area contributed by atoms with Gasteiger partial charge in [-0.3, -0.25) is 14.4 Å². The summed E-state index contributed by atoms with van der Waals surface area (Å²) in [5.41, 5.74) is 0.171. The first-order valence-corrected chi connectivity index (χ1v) is 13.1. The molecule has 0 amide bonds. The van der Waals surface area contributed by atoms with Crippen LogP contribution in [0, 0.1) is 17.3 Å². The van der Waals surface area contributed by atoms with E-state index < -0.39 is 29.0 Å². The molecule has 0 aromatic heterocycles. The molecule has 1 unspecified atom stereocenters. The first-order chi connectivity index (χ1) is 16.9.